The minimum Gasteiger partial charge on any atom is -0.301 e. The monoisotopic (exact) mass is 391 g/mol. The molecule has 2 fully saturated rings. The molecule has 1 saturated carbocycles. The second-order valence-corrected chi connectivity index (χ2v) is 8.32. The highest BCUT2D eigenvalue weighted by Crippen LogP contribution is 2.59. The van der Waals surface area contributed by atoms with Gasteiger partial charge in [0.05, 0.1) is 12.1 Å². The lowest BCUT2D eigenvalue weighted by Crippen LogP contribution is -2.62. The molecule has 2 bridgehead atoms. The molecule has 4 atom stereocenters. The molecule has 2 aliphatic rings. The normalized spacial score (nSPS) is 32.4. The molecule has 1 saturated heterocycles. The van der Waals surface area contributed by atoms with Crippen LogP contribution in [0.1, 0.15) is 56.3 Å². The van der Waals surface area contributed by atoms with Crippen molar-refractivity contribution in [2.75, 3.05) is 0 Å². The Morgan fingerprint density at radius 2 is 1.14 bits per heavy atom. The van der Waals surface area contributed by atoms with Crippen LogP contribution in [0.25, 0.3) is 0 Å². The van der Waals surface area contributed by atoms with Crippen LogP contribution in [0.3, 0.4) is 0 Å². The number of Topliss-reactive ketones (excluding diaryl/α,β-unsaturated/α-hetero) is 1. The fourth-order valence-electron chi connectivity index (χ4n) is 5.16. The predicted octanol–water partition coefficient (Wildman–Crippen LogP) is 5.39. The number of halogens is 4. The van der Waals surface area contributed by atoms with Gasteiger partial charge in [-0.3, -0.25) is 4.79 Å². The third kappa shape index (κ3) is 2.54. The molecule has 28 heavy (non-hydrogen) atoms. The maximum Gasteiger partial charge on any atom is 0.148 e. The summed E-state index contributed by atoms with van der Waals surface area (Å²) in [4.78, 5) is 13.5. The quantitative estimate of drug-likeness (QED) is 0.695. The van der Waals surface area contributed by atoms with Crippen molar-refractivity contribution in [3.8, 4) is 0 Å². The highest BCUT2D eigenvalue weighted by Gasteiger charge is 2.61. The van der Waals surface area contributed by atoms with Crippen molar-refractivity contribution < 1.29 is 22.4 Å². The summed E-state index contributed by atoms with van der Waals surface area (Å²) >= 11 is 0. The largest absolute Gasteiger partial charge is 0.301 e. The summed E-state index contributed by atoms with van der Waals surface area (Å²) in [6, 6.07) is 4.96. The number of rotatable bonds is 2. The van der Waals surface area contributed by atoms with Crippen molar-refractivity contribution in [3.05, 3.63) is 70.8 Å². The van der Waals surface area contributed by atoms with Crippen LogP contribution in [0.4, 0.5) is 17.6 Å². The van der Waals surface area contributed by atoms with Gasteiger partial charge in [0.25, 0.3) is 0 Å². The number of hydrogen-bond acceptors (Lipinski definition) is 2. The van der Waals surface area contributed by atoms with E-state index in [9.17, 15) is 22.4 Å². The lowest BCUT2D eigenvalue weighted by molar-refractivity contribution is -0.154. The van der Waals surface area contributed by atoms with Crippen molar-refractivity contribution >= 4 is 5.78 Å². The number of benzene rings is 2. The summed E-state index contributed by atoms with van der Waals surface area (Å²) in [5.41, 5.74) is -2.67. The van der Waals surface area contributed by atoms with E-state index in [0.29, 0.717) is 19.3 Å². The van der Waals surface area contributed by atoms with Gasteiger partial charge in [-0.25, -0.2) is 17.6 Å². The van der Waals surface area contributed by atoms with E-state index in [1.54, 1.807) is 13.8 Å². The molecule has 1 N–H and O–H groups in total. The third-order valence-corrected chi connectivity index (χ3v) is 6.61. The maximum absolute atomic E-state index is 14.6. The fourth-order valence-corrected chi connectivity index (χ4v) is 5.16. The van der Waals surface area contributed by atoms with Gasteiger partial charge >= 0.3 is 0 Å². The van der Waals surface area contributed by atoms with E-state index < -0.39 is 46.2 Å². The van der Waals surface area contributed by atoms with E-state index in [2.05, 4.69) is 5.32 Å². The van der Waals surface area contributed by atoms with E-state index in [0.717, 1.165) is 24.3 Å². The molecule has 0 aromatic heterocycles. The van der Waals surface area contributed by atoms with Gasteiger partial charge < -0.3 is 5.32 Å². The molecular formula is C22H21F4NO. The summed E-state index contributed by atoms with van der Waals surface area (Å²) in [6.45, 7) is 3.37. The molecule has 0 amide bonds. The molecular weight excluding hydrogens is 370 g/mol. The first-order valence-electron chi connectivity index (χ1n) is 9.39. The summed E-state index contributed by atoms with van der Waals surface area (Å²) in [6.07, 6.45) is 1.51. The number of fused-ring (bicyclic) bond motifs is 2. The van der Waals surface area contributed by atoms with Crippen LogP contribution >= 0.6 is 0 Å². The van der Waals surface area contributed by atoms with E-state index in [1.807, 2.05) is 0 Å². The van der Waals surface area contributed by atoms with Gasteiger partial charge in [-0.2, -0.15) is 0 Å². The SMILES string of the molecule is C[C@]12CCC[C@](C)(C1=O)C(c1c(F)cccc1F)NC2c1c(F)cccc1F. The number of carbonyl (C=O) groups excluding carboxylic acids is 1. The van der Waals surface area contributed by atoms with Gasteiger partial charge in [-0.15, -0.1) is 0 Å². The number of ketones is 1. The first-order valence-corrected chi connectivity index (χ1v) is 9.39. The van der Waals surface area contributed by atoms with E-state index in [1.165, 1.54) is 12.1 Å². The van der Waals surface area contributed by atoms with Crippen LogP contribution in [0.5, 0.6) is 0 Å². The van der Waals surface area contributed by atoms with Crippen LogP contribution in [0.2, 0.25) is 0 Å². The van der Waals surface area contributed by atoms with Gasteiger partial charge in [0.2, 0.25) is 0 Å². The third-order valence-electron chi connectivity index (χ3n) is 6.61. The molecule has 2 aromatic carbocycles. The molecule has 2 nitrogen and oxygen atoms in total. The smallest absolute Gasteiger partial charge is 0.148 e. The number of piperidine rings is 1. The van der Waals surface area contributed by atoms with Crippen molar-refractivity contribution in [3.63, 3.8) is 0 Å². The Bertz CT molecular complexity index is 848. The predicted molar refractivity (Wildman–Crippen MR) is 96.4 cm³/mol. The molecule has 148 valence electrons. The Kier molecular flexibility index (Phi) is 4.38. The lowest BCUT2D eigenvalue weighted by Gasteiger charge is -2.56. The first kappa shape index (κ1) is 19.1. The summed E-state index contributed by atoms with van der Waals surface area (Å²) in [5.74, 6) is -3.35. The second kappa shape index (κ2) is 6.41. The standard InChI is InChI=1S/C22H21F4NO/c1-21-10-5-11-22(2,20(21)28)19(17-14(25)8-4-9-15(17)26)27-18(21)16-12(23)6-3-7-13(16)24/h3-4,6-9,18-19,27H,5,10-11H2,1-2H3/t18?,19?,21-,22+. The van der Waals surface area contributed by atoms with Crippen LogP contribution in [0.15, 0.2) is 36.4 Å². The Balaban J connectivity index is 1.93. The molecule has 2 unspecified atom stereocenters. The molecule has 1 aliphatic carbocycles. The molecule has 1 aliphatic heterocycles. The van der Waals surface area contributed by atoms with Crippen LogP contribution < -0.4 is 5.32 Å². The molecule has 1 heterocycles. The van der Waals surface area contributed by atoms with Crippen LogP contribution in [-0.4, -0.2) is 5.78 Å². The topological polar surface area (TPSA) is 29.1 Å². The minimum absolute atomic E-state index is 0.217. The van der Waals surface area contributed by atoms with Crippen molar-refractivity contribution in [2.24, 2.45) is 10.8 Å². The molecule has 2 aromatic rings. The molecule has 4 rings (SSSR count). The number of hydrogen-bond donors (Lipinski definition) is 1. The summed E-state index contributed by atoms with van der Waals surface area (Å²) < 4.78 is 58.4. The van der Waals surface area contributed by atoms with Crippen LogP contribution in [-0.2, 0) is 4.79 Å². The van der Waals surface area contributed by atoms with Gasteiger partial charge in [0.1, 0.15) is 29.1 Å². The Morgan fingerprint density at radius 3 is 1.50 bits per heavy atom. The zero-order valence-electron chi connectivity index (χ0n) is 15.7. The Hall–Kier alpha value is -2.21. The first-order chi connectivity index (χ1) is 13.2. The Morgan fingerprint density at radius 1 is 0.786 bits per heavy atom. The molecule has 6 heteroatoms. The van der Waals surface area contributed by atoms with E-state index >= 15 is 0 Å². The van der Waals surface area contributed by atoms with Gasteiger partial charge in [0, 0.05) is 22.0 Å². The van der Waals surface area contributed by atoms with E-state index in [4.69, 9.17) is 0 Å². The second-order valence-electron chi connectivity index (χ2n) is 8.32. The molecule has 0 radical (unpaired) electrons. The summed E-state index contributed by atoms with van der Waals surface area (Å²) in [5, 5.41) is 3.08. The zero-order valence-corrected chi connectivity index (χ0v) is 15.7. The fraction of sp³-hybridized carbons (Fsp3) is 0.409. The van der Waals surface area contributed by atoms with E-state index in [-0.39, 0.29) is 16.9 Å². The lowest BCUT2D eigenvalue weighted by atomic mass is 9.52. The van der Waals surface area contributed by atoms with Gasteiger partial charge in [-0.1, -0.05) is 32.4 Å². The highest BCUT2D eigenvalue weighted by atomic mass is 19.1. The molecule has 0 spiro atoms. The minimum atomic E-state index is -1.08. The zero-order chi connectivity index (χ0) is 20.3. The Labute approximate surface area is 160 Å². The van der Waals surface area contributed by atoms with Gasteiger partial charge in [0.15, 0.2) is 0 Å². The number of carbonyl (C=O) groups is 1. The summed E-state index contributed by atoms with van der Waals surface area (Å²) in [7, 11) is 0. The van der Waals surface area contributed by atoms with Crippen molar-refractivity contribution in [2.45, 2.75) is 45.2 Å². The van der Waals surface area contributed by atoms with Crippen LogP contribution in [0, 0.1) is 34.1 Å². The average molecular weight is 391 g/mol. The van der Waals surface area contributed by atoms with Gasteiger partial charge in [-0.05, 0) is 37.1 Å². The van der Waals surface area contributed by atoms with Crippen molar-refractivity contribution in [1.82, 2.24) is 5.32 Å². The average Bonchev–Trinajstić information content (AvgIpc) is 2.62. The van der Waals surface area contributed by atoms with Crippen molar-refractivity contribution in [1.29, 1.82) is 0 Å². The number of nitrogens with one attached hydrogen (secondary N) is 1. The maximum atomic E-state index is 14.6. The highest BCUT2D eigenvalue weighted by molar-refractivity contribution is 5.93.